The quantitative estimate of drug-likeness (QED) is 0.500. The largest absolute Gasteiger partial charge is 0.481 e. The molecule has 0 fully saturated rings. The van der Waals surface area contributed by atoms with Gasteiger partial charge in [-0.1, -0.05) is 33.1 Å². The van der Waals surface area contributed by atoms with Crippen molar-refractivity contribution in [3.8, 4) is 0 Å². The lowest BCUT2D eigenvalue weighted by atomic mass is 9.99. The number of carbonyl (C=O) groups excluding carboxylic acids is 1. The number of esters is 1. The molecule has 0 rings (SSSR count). The summed E-state index contributed by atoms with van der Waals surface area (Å²) in [6.45, 7) is 5.69. The highest BCUT2D eigenvalue weighted by Crippen LogP contribution is 2.15. The molecule has 0 aromatic rings. The lowest BCUT2D eigenvalue weighted by Crippen LogP contribution is -2.20. The first-order valence-electron chi connectivity index (χ1n) is 6.34. The average Bonchev–Trinajstić information content (AvgIpc) is 2.22. The minimum Gasteiger partial charge on any atom is -0.481 e. The van der Waals surface area contributed by atoms with Crippen LogP contribution in [0.1, 0.15) is 59.3 Å². The number of aliphatic carboxylic acids is 1. The van der Waals surface area contributed by atoms with Gasteiger partial charge in [-0.15, -0.1) is 0 Å². The average molecular weight is 244 g/mol. The molecule has 4 nitrogen and oxygen atoms in total. The maximum atomic E-state index is 10.8. The predicted octanol–water partition coefficient (Wildman–Crippen LogP) is 3.00. The number of unbranched alkanes of at least 4 members (excludes halogenated alkanes) is 1. The van der Waals surface area contributed by atoms with E-state index in [2.05, 4.69) is 13.8 Å². The highest BCUT2D eigenvalue weighted by molar-refractivity contribution is 5.69. The summed E-state index contributed by atoms with van der Waals surface area (Å²) in [6, 6.07) is 0. The molecule has 0 saturated heterocycles. The zero-order chi connectivity index (χ0) is 13.3. The minimum absolute atomic E-state index is 0.0943. The molecule has 0 heterocycles. The summed E-state index contributed by atoms with van der Waals surface area (Å²) in [5.74, 6) is -0.613. The van der Waals surface area contributed by atoms with Crippen LogP contribution >= 0.6 is 0 Å². The van der Waals surface area contributed by atoms with Gasteiger partial charge >= 0.3 is 11.9 Å². The van der Waals surface area contributed by atoms with Crippen LogP contribution in [0, 0.1) is 5.92 Å². The van der Waals surface area contributed by atoms with Gasteiger partial charge in [0.05, 0.1) is 6.42 Å². The fraction of sp³-hybridized carbons (Fsp3) is 0.846. The zero-order valence-corrected chi connectivity index (χ0v) is 11.1. The molecule has 4 heteroatoms. The minimum atomic E-state index is -0.918. The van der Waals surface area contributed by atoms with E-state index >= 15 is 0 Å². The second kappa shape index (κ2) is 9.02. The zero-order valence-electron chi connectivity index (χ0n) is 11.1. The van der Waals surface area contributed by atoms with Crippen molar-refractivity contribution in [1.82, 2.24) is 0 Å². The van der Waals surface area contributed by atoms with Crippen molar-refractivity contribution in [2.24, 2.45) is 5.92 Å². The van der Waals surface area contributed by atoms with E-state index in [-0.39, 0.29) is 6.42 Å². The van der Waals surface area contributed by atoms with Gasteiger partial charge in [-0.25, -0.2) is 0 Å². The summed E-state index contributed by atoms with van der Waals surface area (Å²) >= 11 is 0. The molecule has 0 saturated carbocycles. The third-order valence-electron chi connectivity index (χ3n) is 2.90. The van der Waals surface area contributed by atoms with E-state index in [1.165, 1.54) is 13.3 Å². The van der Waals surface area contributed by atoms with E-state index < -0.39 is 18.0 Å². The van der Waals surface area contributed by atoms with Crippen molar-refractivity contribution < 1.29 is 19.4 Å². The van der Waals surface area contributed by atoms with Crippen LogP contribution in [0.15, 0.2) is 0 Å². The van der Waals surface area contributed by atoms with Crippen molar-refractivity contribution in [2.75, 3.05) is 0 Å². The molecule has 2 unspecified atom stereocenters. The number of hydrogen-bond donors (Lipinski definition) is 1. The topological polar surface area (TPSA) is 63.6 Å². The molecule has 1 N–H and O–H groups in total. The number of rotatable bonds is 9. The highest BCUT2D eigenvalue weighted by Gasteiger charge is 2.15. The van der Waals surface area contributed by atoms with E-state index in [0.717, 1.165) is 19.3 Å². The molecule has 0 spiro atoms. The fourth-order valence-corrected chi connectivity index (χ4v) is 1.70. The highest BCUT2D eigenvalue weighted by atomic mass is 16.5. The van der Waals surface area contributed by atoms with Crippen LogP contribution in [-0.4, -0.2) is 23.1 Å². The van der Waals surface area contributed by atoms with Gasteiger partial charge in [0, 0.05) is 6.92 Å². The molecule has 0 aromatic carbocycles. The van der Waals surface area contributed by atoms with Crippen molar-refractivity contribution in [1.29, 1.82) is 0 Å². The van der Waals surface area contributed by atoms with Gasteiger partial charge in [0.1, 0.15) is 6.10 Å². The molecule has 0 aliphatic rings. The van der Waals surface area contributed by atoms with Gasteiger partial charge in [0.2, 0.25) is 0 Å². The van der Waals surface area contributed by atoms with Crippen molar-refractivity contribution in [2.45, 2.75) is 65.4 Å². The van der Waals surface area contributed by atoms with E-state index in [0.29, 0.717) is 12.3 Å². The lowest BCUT2D eigenvalue weighted by molar-refractivity contribution is -0.151. The van der Waals surface area contributed by atoms with Gasteiger partial charge in [0.25, 0.3) is 0 Å². The number of ether oxygens (including phenoxy) is 1. The Morgan fingerprint density at radius 2 is 1.82 bits per heavy atom. The molecule has 100 valence electrons. The number of carbonyl (C=O) groups is 2. The molecule has 0 bridgehead atoms. The van der Waals surface area contributed by atoms with Crippen LogP contribution in [0.25, 0.3) is 0 Å². The Morgan fingerprint density at radius 1 is 1.24 bits per heavy atom. The second-order valence-corrected chi connectivity index (χ2v) is 4.63. The van der Waals surface area contributed by atoms with E-state index in [1.54, 1.807) is 0 Å². The lowest BCUT2D eigenvalue weighted by Gasteiger charge is -2.15. The van der Waals surface area contributed by atoms with Gasteiger partial charge in [-0.05, 0) is 18.8 Å². The molecule has 0 aliphatic heterocycles. The van der Waals surface area contributed by atoms with Crippen molar-refractivity contribution in [3.05, 3.63) is 0 Å². The first-order valence-corrected chi connectivity index (χ1v) is 6.34. The Morgan fingerprint density at radius 3 is 2.29 bits per heavy atom. The van der Waals surface area contributed by atoms with Crippen LogP contribution < -0.4 is 0 Å². The Bertz CT molecular complexity index is 222. The molecular weight excluding hydrogens is 220 g/mol. The van der Waals surface area contributed by atoms with Crippen LogP contribution in [0.5, 0.6) is 0 Å². The Hall–Kier alpha value is -1.06. The standard InChI is InChI=1S/C13H24O4/c1-4-10(2)7-5-6-8-12(9-13(15)16)17-11(3)14/h10,12H,4-9H2,1-3H3,(H,15,16). The van der Waals surface area contributed by atoms with Crippen LogP contribution in [0.4, 0.5) is 0 Å². The Balaban J connectivity index is 3.83. The second-order valence-electron chi connectivity index (χ2n) is 4.63. The third kappa shape index (κ3) is 9.85. The maximum absolute atomic E-state index is 10.8. The molecule has 0 radical (unpaired) electrons. The first kappa shape index (κ1) is 15.9. The van der Waals surface area contributed by atoms with E-state index in [9.17, 15) is 9.59 Å². The normalized spacial score (nSPS) is 14.1. The maximum Gasteiger partial charge on any atom is 0.307 e. The molecule has 0 aromatic heterocycles. The summed E-state index contributed by atoms with van der Waals surface area (Å²) in [5, 5.41) is 8.69. The molecule has 17 heavy (non-hydrogen) atoms. The van der Waals surface area contributed by atoms with Gasteiger partial charge in [-0.2, -0.15) is 0 Å². The SMILES string of the molecule is CCC(C)CCCCC(CC(=O)O)OC(C)=O. The number of hydrogen-bond acceptors (Lipinski definition) is 3. The molecule has 0 aliphatic carbocycles. The Kier molecular flexibility index (Phi) is 8.46. The molecular formula is C13H24O4. The first-order chi connectivity index (χ1) is 7.95. The van der Waals surface area contributed by atoms with Gasteiger partial charge < -0.3 is 9.84 Å². The monoisotopic (exact) mass is 244 g/mol. The van der Waals surface area contributed by atoms with Gasteiger partial charge in [-0.3, -0.25) is 9.59 Å². The smallest absolute Gasteiger partial charge is 0.307 e. The number of carboxylic acid groups (broad SMARTS) is 1. The van der Waals surface area contributed by atoms with Crippen molar-refractivity contribution >= 4 is 11.9 Å². The Labute approximate surface area is 103 Å². The summed E-state index contributed by atoms with van der Waals surface area (Å²) in [7, 11) is 0. The number of carboxylic acids is 1. The predicted molar refractivity (Wildman–Crippen MR) is 65.7 cm³/mol. The van der Waals surface area contributed by atoms with E-state index in [4.69, 9.17) is 9.84 Å². The fourth-order valence-electron chi connectivity index (χ4n) is 1.70. The van der Waals surface area contributed by atoms with Crippen LogP contribution in [0.2, 0.25) is 0 Å². The van der Waals surface area contributed by atoms with Crippen LogP contribution in [0.3, 0.4) is 0 Å². The van der Waals surface area contributed by atoms with Crippen LogP contribution in [-0.2, 0) is 14.3 Å². The summed E-state index contributed by atoms with van der Waals surface area (Å²) < 4.78 is 4.97. The van der Waals surface area contributed by atoms with E-state index in [1.807, 2.05) is 0 Å². The molecule has 0 amide bonds. The van der Waals surface area contributed by atoms with Gasteiger partial charge in [0.15, 0.2) is 0 Å². The summed E-state index contributed by atoms with van der Waals surface area (Å²) in [6.07, 6.45) is 4.37. The summed E-state index contributed by atoms with van der Waals surface area (Å²) in [4.78, 5) is 21.4. The third-order valence-corrected chi connectivity index (χ3v) is 2.90. The van der Waals surface area contributed by atoms with Crippen molar-refractivity contribution in [3.63, 3.8) is 0 Å². The molecule has 2 atom stereocenters. The summed E-state index contributed by atoms with van der Waals surface area (Å²) in [5.41, 5.74) is 0.